The van der Waals surface area contributed by atoms with Crippen LogP contribution in [-0.4, -0.2) is 31.7 Å². The molecule has 0 heterocycles. The van der Waals surface area contributed by atoms with E-state index in [0.717, 1.165) is 38.5 Å². The summed E-state index contributed by atoms with van der Waals surface area (Å²) in [7, 11) is 2.98. The van der Waals surface area contributed by atoms with Crippen LogP contribution in [0.15, 0.2) is 0 Å². The second-order valence-electron chi connectivity index (χ2n) is 4.82. The van der Waals surface area contributed by atoms with E-state index in [4.69, 9.17) is 9.47 Å². The summed E-state index contributed by atoms with van der Waals surface area (Å²) < 4.78 is 10.2. The molecule has 1 aliphatic carbocycles. The predicted octanol–water partition coefficient (Wildman–Crippen LogP) is 2.22. The van der Waals surface area contributed by atoms with Crippen molar-refractivity contribution in [3.63, 3.8) is 0 Å². The van der Waals surface area contributed by atoms with E-state index in [1.54, 1.807) is 0 Å². The van der Waals surface area contributed by atoms with E-state index in [1.807, 2.05) is 0 Å². The monoisotopic (exact) mass is 241 g/mol. The van der Waals surface area contributed by atoms with Crippen molar-refractivity contribution in [3.05, 3.63) is 0 Å². The van der Waals surface area contributed by atoms with Gasteiger partial charge in [0, 0.05) is 14.2 Å². The van der Waals surface area contributed by atoms with Crippen LogP contribution >= 0.6 is 0 Å². The Labute approximate surface area is 104 Å². The summed E-state index contributed by atoms with van der Waals surface area (Å²) in [6.07, 6.45) is 5.36. The van der Waals surface area contributed by atoms with Crippen molar-refractivity contribution in [2.75, 3.05) is 14.2 Å². The van der Waals surface area contributed by atoms with Gasteiger partial charge in [-0.2, -0.15) is 5.26 Å². The Morgan fingerprint density at radius 3 is 1.94 bits per heavy atom. The number of ether oxygens (including phenoxy) is 2. The highest BCUT2D eigenvalue weighted by Gasteiger charge is 2.42. The maximum Gasteiger partial charge on any atom is 0.184 e. The Hall–Kier alpha value is -0.630. The van der Waals surface area contributed by atoms with Crippen LogP contribution in [0, 0.1) is 16.7 Å². The van der Waals surface area contributed by atoms with Crippen molar-refractivity contribution in [2.45, 2.75) is 57.3 Å². The minimum Gasteiger partial charge on any atom is -0.386 e. The van der Waals surface area contributed by atoms with Crippen molar-refractivity contribution in [3.8, 4) is 6.07 Å². The van der Waals surface area contributed by atoms with Crippen LogP contribution in [0.2, 0.25) is 0 Å². The molecule has 0 radical (unpaired) electrons. The maximum absolute atomic E-state index is 10.3. The van der Waals surface area contributed by atoms with Crippen molar-refractivity contribution in [1.82, 2.24) is 0 Å². The first kappa shape index (κ1) is 14.4. The lowest BCUT2D eigenvalue weighted by Gasteiger charge is -2.36. The molecule has 0 aromatic heterocycles. The normalized spacial score (nSPS) is 22.5. The molecule has 0 aliphatic heterocycles. The van der Waals surface area contributed by atoms with Gasteiger partial charge in [0.1, 0.15) is 6.10 Å². The van der Waals surface area contributed by atoms with Gasteiger partial charge in [-0.3, -0.25) is 0 Å². The molecule has 17 heavy (non-hydrogen) atoms. The van der Waals surface area contributed by atoms with Gasteiger partial charge in [0.15, 0.2) is 6.29 Å². The lowest BCUT2D eigenvalue weighted by atomic mass is 9.73. The third-order valence-corrected chi connectivity index (χ3v) is 3.76. The molecule has 1 aliphatic rings. The van der Waals surface area contributed by atoms with E-state index in [0.29, 0.717) is 0 Å². The Morgan fingerprint density at radius 1 is 1.06 bits per heavy atom. The molecule has 0 bridgehead atoms. The van der Waals surface area contributed by atoms with Crippen LogP contribution in [0.1, 0.15) is 44.9 Å². The number of aliphatic hydroxyl groups excluding tert-OH is 1. The van der Waals surface area contributed by atoms with E-state index in [9.17, 15) is 10.4 Å². The van der Waals surface area contributed by atoms with Gasteiger partial charge in [-0.1, -0.05) is 32.1 Å². The van der Waals surface area contributed by atoms with Gasteiger partial charge < -0.3 is 14.6 Å². The number of hydrogen-bond donors (Lipinski definition) is 1. The van der Waals surface area contributed by atoms with Crippen molar-refractivity contribution in [2.24, 2.45) is 5.41 Å². The SMILES string of the molecule is COC(OC)C(O)C1(C#N)CCCCCCC1. The lowest BCUT2D eigenvalue weighted by molar-refractivity contribution is -0.192. The number of methoxy groups -OCH3 is 2. The van der Waals surface area contributed by atoms with Crippen molar-refractivity contribution in [1.29, 1.82) is 5.26 Å². The van der Waals surface area contributed by atoms with Gasteiger partial charge in [0.25, 0.3) is 0 Å². The topological polar surface area (TPSA) is 62.5 Å². The Kier molecular flexibility index (Phi) is 5.90. The van der Waals surface area contributed by atoms with Crippen molar-refractivity contribution >= 4 is 0 Å². The van der Waals surface area contributed by atoms with Crippen LogP contribution in [-0.2, 0) is 9.47 Å². The van der Waals surface area contributed by atoms with E-state index < -0.39 is 17.8 Å². The summed E-state index contributed by atoms with van der Waals surface area (Å²) in [6, 6.07) is 2.32. The molecule has 1 saturated carbocycles. The molecular formula is C13H23NO3. The second-order valence-corrected chi connectivity index (χ2v) is 4.82. The number of rotatable bonds is 4. The highest BCUT2D eigenvalue weighted by molar-refractivity contribution is 5.05. The molecule has 1 atom stereocenters. The van der Waals surface area contributed by atoms with E-state index >= 15 is 0 Å². The molecule has 0 aromatic carbocycles. The fourth-order valence-electron chi connectivity index (χ4n) is 2.62. The standard InChI is InChI=1S/C13H23NO3/c1-16-12(17-2)11(15)13(10-14)8-6-4-3-5-7-9-13/h11-12,15H,3-9H2,1-2H3. The quantitative estimate of drug-likeness (QED) is 0.767. The largest absolute Gasteiger partial charge is 0.386 e. The predicted molar refractivity (Wildman–Crippen MR) is 64.2 cm³/mol. The summed E-state index contributed by atoms with van der Waals surface area (Å²) >= 11 is 0. The molecular weight excluding hydrogens is 218 g/mol. The summed E-state index contributed by atoms with van der Waals surface area (Å²) in [5.74, 6) is 0. The second kappa shape index (κ2) is 6.95. The number of nitrogens with zero attached hydrogens (tertiary/aromatic N) is 1. The Bertz CT molecular complexity index is 250. The van der Waals surface area contributed by atoms with Crippen LogP contribution in [0.5, 0.6) is 0 Å². The van der Waals surface area contributed by atoms with Crippen LogP contribution in [0.3, 0.4) is 0 Å². The van der Waals surface area contributed by atoms with Crippen molar-refractivity contribution < 1.29 is 14.6 Å². The first-order valence-electron chi connectivity index (χ1n) is 6.35. The summed E-state index contributed by atoms with van der Waals surface area (Å²) in [5, 5.41) is 19.8. The summed E-state index contributed by atoms with van der Waals surface area (Å²) in [6.45, 7) is 0. The van der Waals surface area contributed by atoms with Gasteiger partial charge >= 0.3 is 0 Å². The van der Waals surface area contributed by atoms with Gasteiger partial charge in [-0.25, -0.2) is 0 Å². The molecule has 1 unspecified atom stereocenters. The summed E-state index contributed by atoms with van der Waals surface area (Å²) in [5.41, 5.74) is -0.711. The molecule has 0 amide bonds. The molecule has 4 nitrogen and oxygen atoms in total. The van der Waals surface area contributed by atoms with Gasteiger partial charge in [0.05, 0.1) is 11.5 Å². The van der Waals surface area contributed by atoms with E-state index in [1.165, 1.54) is 20.6 Å². The van der Waals surface area contributed by atoms with E-state index in [2.05, 4.69) is 6.07 Å². The average molecular weight is 241 g/mol. The molecule has 0 spiro atoms. The Balaban J connectivity index is 2.80. The highest BCUT2D eigenvalue weighted by atomic mass is 16.7. The number of aliphatic hydroxyl groups is 1. The average Bonchev–Trinajstić information content (AvgIpc) is 2.31. The molecule has 0 saturated heterocycles. The zero-order chi connectivity index (χ0) is 12.7. The van der Waals surface area contributed by atoms with Crippen LogP contribution < -0.4 is 0 Å². The smallest absolute Gasteiger partial charge is 0.184 e. The number of hydrogen-bond acceptors (Lipinski definition) is 4. The van der Waals surface area contributed by atoms with Crippen LogP contribution in [0.4, 0.5) is 0 Å². The molecule has 1 rings (SSSR count). The molecule has 0 aromatic rings. The Morgan fingerprint density at radius 2 is 1.53 bits per heavy atom. The highest BCUT2D eigenvalue weighted by Crippen LogP contribution is 2.38. The van der Waals surface area contributed by atoms with Crippen LogP contribution in [0.25, 0.3) is 0 Å². The third kappa shape index (κ3) is 3.41. The zero-order valence-corrected chi connectivity index (χ0v) is 10.8. The fourth-order valence-corrected chi connectivity index (χ4v) is 2.62. The zero-order valence-electron chi connectivity index (χ0n) is 10.8. The van der Waals surface area contributed by atoms with E-state index in [-0.39, 0.29) is 0 Å². The van der Waals surface area contributed by atoms with Gasteiger partial charge in [0.2, 0.25) is 0 Å². The lowest BCUT2D eigenvalue weighted by Crippen LogP contribution is -2.44. The minimum absolute atomic E-state index is 0.711. The first-order chi connectivity index (χ1) is 8.20. The molecule has 1 N–H and O–H groups in total. The van der Waals surface area contributed by atoms with Gasteiger partial charge in [-0.15, -0.1) is 0 Å². The first-order valence-corrected chi connectivity index (χ1v) is 6.35. The fraction of sp³-hybridized carbons (Fsp3) is 0.923. The maximum atomic E-state index is 10.3. The molecule has 1 fully saturated rings. The van der Waals surface area contributed by atoms with Gasteiger partial charge in [-0.05, 0) is 12.8 Å². The third-order valence-electron chi connectivity index (χ3n) is 3.76. The molecule has 4 heteroatoms. The molecule has 98 valence electrons. The summed E-state index contributed by atoms with van der Waals surface area (Å²) in [4.78, 5) is 0. The minimum atomic E-state index is -0.874. The number of nitriles is 1.